The van der Waals surface area contributed by atoms with E-state index in [1.54, 1.807) is 13.8 Å². The van der Waals surface area contributed by atoms with Crippen molar-refractivity contribution in [3.8, 4) is 0 Å². The van der Waals surface area contributed by atoms with E-state index >= 15 is 0 Å². The molecule has 0 saturated heterocycles. The molecule has 0 saturated carbocycles. The van der Waals surface area contributed by atoms with Crippen LogP contribution in [-0.4, -0.2) is 23.4 Å². The lowest BCUT2D eigenvalue weighted by Crippen LogP contribution is -2.00. The molecule has 4 heteroatoms. The number of carbonyl (C=O) groups is 1. The minimum Gasteiger partial charge on any atom is -0.477 e. The smallest absolute Gasteiger partial charge is 0.350 e. The Morgan fingerprint density at radius 1 is 1.78 bits per heavy atom. The fourth-order valence-electron chi connectivity index (χ4n) is 0.197. The summed E-state index contributed by atoms with van der Waals surface area (Å²) in [5.41, 5.74) is 0. The maximum atomic E-state index is 9.75. The quantitative estimate of drug-likeness (QED) is 0.447. The van der Waals surface area contributed by atoms with Gasteiger partial charge >= 0.3 is 5.97 Å². The van der Waals surface area contributed by atoms with Crippen molar-refractivity contribution in [2.75, 3.05) is 0 Å². The van der Waals surface area contributed by atoms with E-state index < -0.39 is 5.97 Å². The van der Waals surface area contributed by atoms with Crippen LogP contribution in [0.3, 0.4) is 0 Å². The van der Waals surface area contributed by atoms with Crippen molar-refractivity contribution in [3.63, 3.8) is 0 Å². The van der Waals surface area contributed by atoms with E-state index in [1.165, 1.54) is 0 Å². The number of nitrogens with zero attached hydrogens (tertiary/aromatic N) is 1. The maximum Gasteiger partial charge on any atom is 0.350 e. The van der Waals surface area contributed by atoms with Gasteiger partial charge in [-0.05, 0) is 13.8 Å². The molecule has 4 nitrogen and oxygen atoms in total. The molecule has 0 bridgehead atoms. The SMILES string of the molecule is CC(C)O/N=C\C(=O)O. The molecule has 0 spiro atoms. The van der Waals surface area contributed by atoms with Gasteiger partial charge in [-0.25, -0.2) is 4.79 Å². The second kappa shape index (κ2) is 3.88. The summed E-state index contributed by atoms with van der Waals surface area (Å²) < 4.78 is 0. The standard InChI is InChI=1S/C5H9NO3/c1-4(2)9-6-3-5(7)8/h3-4H,1-2H3,(H,7,8)/b6-3-. The first kappa shape index (κ1) is 7.94. The zero-order valence-corrected chi connectivity index (χ0v) is 5.37. The number of oxime groups is 1. The molecule has 0 aliphatic carbocycles. The molecule has 0 fully saturated rings. The second-order valence-corrected chi connectivity index (χ2v) is 1.73. The van der Waals surface area contributed by atoms with Crippen LogP contribution < -0.4 is 0 Å². The van der Waals surface area contributed by atoms with Crippen LogP contribution in [0.5, 0.6) is 0 Å². The lowest BCUT2D eigenvalue weighted by atomic mass is 10.5. The van der Waals surface area contributed by atoms with Crippen molar-refractivity contribution in [2.24, 2.45) is 5.16 Å². The lowest BCUT2D eigenvalue weighted by molar-refractivity contribution is -0.129. The van der Waals surface area contributed by atoms with E-state index in [-0.39, 0.29) is 6.10 Å². The molecule has 9 heavy (non-hydrogen) atoms. The molecule has 52 valence electrons. The number of aliphatic carboxylic acids is 1. The molecular formula is C5H9NO3. The van der Waals surface area contributed by atoms with Crippen molar-refractivity contribution in [1.82, 2.24) is 0 Å². The average Bonchev–Trinajstić information content (AvgIpc) is 1.63. The molecule has 0 aromatic heterocycles. The summed E-state index contributed by atoms with van der Waals surface area (Å²) in [6.45, 7) is 3.53. The Bertz CT molecular complexity index is 119. The van der Waals surface area contributed by atoms with E-state index in [4.69, 9.17) is 5.11 Å². The van der Waals surface area contributed by atoms with Gasteiger partial charge < -0.3 is 9.94 Å². The summed E-state index contributed by atoms with van der Waals surface area (Å²) in [7, 11) is 0. The molecule has 0 amide bonds. The van der Waals surface area contributed by atoms with Gasteiger partial charge in [-0.15, -0.1) is 0 Å². The third-order valence-corrected chi connectivity index (χ3v) is 0.435. The van der Waals surface area contributed by atoms with E-state index in [0.717, 1.165) is 0 Å². The van der Waals surface area contributed by atoms with Gasteiger partial charge in [0.25, 0.3) is 0 Å². The Balaban J connectivity index is 3.36. The summed E-state index contributed by atoms with van der Waals surface area (Å²) in [5.74, 6) is -1.10. The number of hydrogen-bond acceptors (Lipinski definition) is 3. The molecule has 0 rings (SSSR count). The van der Waals surface area contributed by atoms with Crippen molar-refractivity contribution in [2.45, 2.75) is 20.0 Å². The van der Waals surface area contributed by atoms with E-state index in [2.05, 4.69) is 9.99 Å². The summed E-state index contributed by atoms with van der Waals surface area (Å²) >= 11 is 0. The summed E-state index contributed by atoms with van der Waals surface area (Å²) in [4.78, 5) is 14.3. The van der Waals surface area contributed by atoms with Crippen LogP contribution >= 0.6 is 0 Å². The first-order valence-corrected chi connectivity index (χ1v) is 2.55. The molecule has 0 aliphatic heterocycles. The van der Waals surface area contributed by atoms with Gasteiger partial charge in [0.05, 0.1) is 0 Å². The van der Waals surface area contributed by atoms with Crippen LogP contribution in [0.15, 0.2) is 5.16 Å². The number of carboxylic acids is 1. The lowest BCUT2D eigenvalue weighted by Gasteiger charge is -1.98. The fraction of sp³-hybridized carbons (Fsp3) is 0.600. The van der Waals surface area contributed by atoms with Crippen molar-refractivity contribution < 1.29 is 14.7 Å². The van der Waals surface area contributed by atoms with Gasteiger partial charge in [0, 0.05) is 0 Å². The van der Waals surface area contributed by atoms with Gasteiger partial charge in [-0.2, -0.15) is 0 Å². The van der Waals surface area contributed by atoms with Crippen LogP contribution in [0.25, 0.3) is 0 Å². The topological polar surface area (TPSA) is 58.9 Å². The van der Waals surface area contributed by atoms with Gasteiger partial charge in [-0.1, -0.05) is 5.16 Å². The zero-order valence-electron chi connectivity index (χ0n) is 5.37. The predicted molar refractivity (Wildman–Crippen MR) is 32.3 cm³/mol. The highest BCUT2D eigenvalue weighted by Crippen LogP contribution is 1.85. The summed E-state index contributed by atoms with van der Waals surface area (Å²) in [5, 5.41) is 11.1. The molecular weight excluding hydrogens is 122 g/mol. The van der Waals surface area contributed by atoms with Gasteiger partial charge in [-0.3, -0.25) is 0 Å². The highest BCUT2D eigenvalue weighted by Gasteiger charge is 1.89. The minimum atomic E-state index is -1.10. The van der Waals surface area contributed by atoms with Gasteiger partial charge in [0.1, 0.15) is 6.10 Å². The molecule has 0 aromatic rings. The number of rotatable bonds is 3. The van der Waals surface area contributed by atoms with Crippen molar-refractivity contribution in [3.05, 3.63) is 0 Å². The first-order chi connectivity index (χ1) is 4.13. The van der Waals surface area contributed by atoms with Crippen molar-refractivity contribution >= 4 is 12.2 Å². The highest BCUT2D eigenvalue weighted by molar-refractivity contribution is 6.21. The summed E-state index contributed by atoms with van der Waals surface area (Å²) in [6.07, 6.45) is 0.639. The van der Waals surface area contributed by atoms with E-state index in [0.29, 0.717) is 6.21 Å². The largest absolute Gasteiger partial charge is 0.477 e. The predicted octanol–water partition coefficient (Wildman–Crippen LogP) is 0.482. The molecule has 0 heterocycles. The Morgan fingerprint density at radius 2 is 2.33 bits per heavy atom. The average molecular weight is 131 g/mol. The third kappa shape index (κ3) is 6.94. The molecule has 0 aliphatic rings. The van der Waals surface area contributed by atoms with Crippen molar-refractivity contribution in [1.29, 1.82) is 0 Å². The van der Waals surface area contributed by atoms with E-state index in [9.17, 15) is 4.79 Å². The van der Waals surface area contributed by atoms with Crippen LogP contribution in [0.2, 0.25) is 0 Å². The number of carboxylic acid groups (broad SMARTS) is 1. The minimum absolute atomic E-state index is 0.0689. The Morgan fingerprint density at radius 3 is 2.67 bits per heavy atom. The fourth-order valence-corrected chi connectivity index (χ4v) is 0.197. The Kier molecular flexibility index (Phi) is 3.43. The second-order valence-electron chi connectivity index (χ2n) is 1.73. The molecule has 0 unspecified atom stereocenters. The zero-order chi connectivity index (χ0) is 7.28. The van der Waals surface area contributed by atoms with Crippen LogP contribution in [-0.2, 0) is 9.63 Å². The van der Waals surface area contributed by atoms with Gasteiger partial charge in [0.15, 0.2) is 6.21 Å². The number of hydrogen-bond donors (Lipinski definition) is 1. The molecule has 1 N–H and O–H groups in total. The highest BCUT2D eigenvalue weighted by atomic mass is 16.6. The summed E-state index contributed by atoms with van der Waals surface area (Å²) in [6, 6.07) is 0. The van der Waals surface area contributed by atoms with Crippen LogP contribution in [0.4, 0.5) is 0 Å². The Hall–Kier alpha value is -1.06. The third-order valence-electron chi connectivity index (χ3n) is 0.435. The Labute approximate surface area is 53.1 Å². The molecule has 0 atom stereocenters. The molecule has 0 radical (unpaired) electrons. The first-order valence-electron chi connectivity index (χ1n) is 2.55. The van der Waals surface area contributed by atoms with E-state index in [1.807, 2.05) is 0 Å². The van der Waals surface area contributed by atoms with Crippen LogP contribution in [0.1, 0.15) is 13.8 Å². The normalized spacial score (nSPS) is 10.6. The maximum absolute atomic E-state index is 9.75. The monoisotopic (exact) mass is 131 g/mol. The molecule has 0 aromatic carbocycles. The van der Waals surface area contributed by atoms with Crippen LogP contribution in [0, 0.1) is 0 Å². The van der Waals surface area contributed by atoms with Gasteiger partial charge in [0.2, 0.25) is 0 Å².